The lowest BCUT2D eigenvalue weighted by atomic mass is 10.1. The van der Waals surface area contributed by atoms with Gasteiger partial charge in [0.2, 0.25) is 0 Å². The topological polar surface area (TPSA) is 73.9 Å². The third-order valence-electron chi connectivity index (χ3n) is 3.57. The van der Waals surface area contributed by atoms with Crippen LogP contribution in [0.15, 0.2) is 48.5 Å². The Morgan fingerprint density at radius 3 is 2.33 bits per heavy atom. The number of carbonyl (C=O) groups excluding carboxylic acids is 2. The predicted molar refractivity (Wildman–Crippen MR) is 94.0 cm³/mol. The smallest absolute Gasteiger partial charge is 0.387 e. The van der Waals surface area contributed by atoms with Gasteiger partial charge < -0.3 is 19.5 Å². The van der Waals surface area contributed by atoms with Crippen molar-refractivity contribution in [1.29, 1.82) is 0 Å². The van der Waals surface area contributed by atoms with Gasteiger partial charge in [0.15, 0.2) is 6.10 Å². The number of carbonyl (C=O) groups is 2. The van der Waals surface area contributed by atoms with Crippen LogP contribution in [-0.4, -0.2) is 31.7 Å². The van der Waals surface area contributed by atoms with Crippen LogP contribution in [0.3, 0.4) is 0 Å². The summed E-state index contributed by atoms with van der Waals surface area (Å²) in [7, 11) is 1.49. The molecule has 8 heteroatoms. The molecule has 0 heterocycles. The molecule has 2 rings (SSSR count). The molecule has 0 aliphatic rings. The molecule has 1 N–H and O–H groups in total. The van der Waals surface area contributed by atoms with Crippen LogP contribution in [-0.2, 0) is 20.7 Å². The van der Waals surface area contributed by atoms with Gasteiger partial charge in [-0.25, -0.2) is 0 Å². The monoisotopic (exact) mass is 379 g/mol. The highest BCUT2D eigenvalue weighted by Crippen LogP contribution is 2.25. The fourth-order valence-corrected chi connectivity index (χ4v) is 2.30. The number of alkyl halides is 2. The first kappa shape index (κ1) is 20.2. The van der Waals surface area contributed by atoms with Crippen LogP contribution in [0.25, 0.3) is 0 Å². The van der Waals surface area contributed by atoms with Gasteiger partial charge in [0, 0.05) is 5.56 Å². The fraction of sp³-hybridized carbons (Fsp3) is 0.263. The first-order valence-corrected chi connectivity index (χ1v) is 8.06. The second kappa shape index (κ2) is 9.51. The number of nitrogens with one attached hydrogen (secondary N) is 1. The highest BCUT2D eigenvalue weighted by molar-refractivity contribution is 5.96. The van der Waals surface area contributed by atoms with E-state index in [0.29, 0.717) is 11.3 Å². The predicted octanol–water partition coefficient (Wildman–Crippen LogP) is 3.41. The average molecular weight is 379 g/mol. The van der Waals surface area contributed by atoms with Gasteiger partial charge in [0.1, 0.15) is 11.5 Å². The number of anilines is 1. The summed E-state index contributed by atoms with van der Waals surface area (Å²) in [6.45, 7) is -1.65. The van der Waals surface area contributed by atoms with Crippen molar-refractivity contribution >= 4 is 17.6 Å². The quantitative estimate of drug-likeness (QED) is 0.712. The summed E-state index contributed by atoms with van der Waals surface area (Å²) in [6, 6.07) is 12.7. The van der Waals surface area contributed by atoms with E-state index in [2.05, 4.69) is 10.1 Å². The number of hydrogen-bond acceptors (Lipinski definition) is 5. The molecule has 0 saturated heterocycles. The van der Waals surface area contributed by atoms with Gasteiger partial charge in [0.25, 0.3) is 5.91 Å². The molecule has 2 aromatic rings. The normalized spacial score (nSPS) is 11.6. The van der Waals surface area contributed by atoms with Crippen molar-refractivity contribution in [2.24, 2.45) is 0 Å². The van der Waals surface area contributed by atoms with Gasteiger partial charge >= 0.3 is 12.6 Å². The Kier molecular flexibility index (Phi) is 7.10. The van der Waals surface area contributed by atoms with Gasteiger partial charge in [-0.1, -0.05) is 30.3 Å². The molecule has 0 fully saturated rings. The molecule has 144 valence electrons. The van der Waals surface area contributed by atoms with Crippen molar-refractivity contribution in [2.75, 3.05) is 12.4 Å². The third-order valence-corrected chi connectivity index (χ3v) is 3.57. The maximum atomic E-state index is 12.4. The summed E-state index contributed by atoms with van der Waals surface area (Å²) in [5.41, 5.74) is 0.670. The van der Waals surface area contributed by atoms with Gasteiger partial charge in [-0.2, -0.15) is 8.78 Å². The second-order valence-electron chi connectivity index (χ2n) is 5.48. The van der Waals surface area contributed by atoms with Gasteiger partial charge in [-0.05, 0) is 25.1 Å². The van der Waals surface area contributed by atoms with Gasteiger partial charge in [-0.3, -0.25) is 9.59 Å². The van der Waals surface area contributed by atoms with Gasteiger partial charge in [0.05, 0.1) is 19.2 Å². The Balaban J connectivity index is 1.97. The summed E-state index contributed by atoms with van der Waals surface area (Å²) in [5.74, 6) is -0.953. The van der Waals surface area contributed by atoms with Crippen molar-refractivity contribution in [3.8, 4) is 11.5 Å². The van der Waals surface area contributed by atoms with Crippen LogP contribution in [0, 0.1) is 0 Å². The molecule has 0 aliphatic heterocycles. The summed E-state index contributed by atoms with van der Waals surface area (Å²) in [6.07, 6.45) is -1.21. The minimum absolute atomic E-state index is 0.0513. The zero-order valence-electron chi connectivity index (χ0n) is 14.8. The lowest BCUT2D eigenvalue weighted by molar-refractivity contribution is -0.152. The van der Waals surface area contributed by atoms with E-state index in [4.69, 9.17) is 9.47 Å². The van der Waals surface area contributed by atoms with Crippen molar-refractivity contribution in [3.05, 3.63) is 54.1 Å². The van der Waals surface area contributed by atoms with E-state index in [9.17, 15) is 18.4 Å². The molecule has 0 aromatic heterocycles. The number of rotatable bonds is 8. The average Bonchev–Trinajstić information content (AvgIpc) is 2.63. The molecule has 0 radical (unpaired) electrons. The maximum Gasteiger partial charge on any atom is 0.387 e. The highest BCUT2D eigenvalue weighted by Gasteiger charge is 2.20. The van der Waals surface area contributed by atoms with E-state index in [1.165, 1.54) is 32.2 Å². The molecule has 0 saturated carbocycles. The molecule has 6 nitrogen and oxygen atoms in total. The molecule has 2 aromatic carbocycles. The zero-order chi connectivity index (χ0) is 19.8. The molecule has 1 amide bonds. The Bertz CT molecular complexity index is 797. The van der Waals surface area contributed by atoms with E-state index >= 15 is 0 Å². The lowest BCUT2D eigenvalue weighted by Gasteiger charge is -2.16. The Labute approximate surface area is 155 Å². The Hall–Kier alpha value is -3.16. The SMILES string of the molecule is COc1ccccc1CC(=O)O[C@H](C)C(=O)Nc1ccccc1OC(F)F. The Morgan fingerprint density at radius 2 is 1.67 bits per heavy atom. The van der Waals surface area contributed by atoms with Crippen LogP contribution in [0.2, 0.25) is 0 Å². The summed E-state index contributed by atoms with van der Waals surface area (Å²) in [4.78, 5) is 24.3. The van der Waals surface area contributed by atoms with Gasteiger partial charge in [-0.15, -0.1) is 0 Å². The van der Waals surface area contributed by atoms with Crippen LogP contribution < -0.4 is 14.8 Å². The van der Waals surface area contributed by atoms with Crippen LogP contribution in [0.5, 0.6) is 11.5 Å². The van der Waals surface area contributed by atoms with E-state index in [-0.39, 0.29) is 17.9 Å². The number of benzene rings is 2. The Morgan fingerprint density at radius 1 is 1.04 bits per heavy atom. The maximum absolute atomic E-state index is 12.4. The van der Waals surface area contributed by atoms with Crippen molar-refractivity contribution < 1.29 is 32.6 Å². The highest BCUT2D eigenvalue weighted by atomic mass is 19.3. The number of esters is 1. The van der Waals surface area contributed by atoms with Crippen LogP contribution in [0.1, 0.15) is 12.5 Å². The van der Waals surface area contributed by atoms with Crippen molar-refractivity contribution in [1.82, 2.24) is 0 Å². The first-order valence-electron chi connectivity index (χ1n) is 8.06. The molecular weight excluding hydrogens is 360 g/mol. The minimum atomic E-state index is -3.03. The van der Waals surface area contributed by atoms with E-state index in [1.54, 1.807) is 30.3 Å². The molecule has 27 heavy (non-hydrogen) atoms. The van der Waals surface area contributed by atoms with Crippen LogP contribution >= 0.6 is 0 Å². The number of amides is 1. The second-order valence-corrected chi connectivity index (χ2v) is 5.48. The zero-order valence-corrected chi connectivity index (χ0v) is 14.8. The van der Waals surface area contributed by atoms with Crippen molar-refractivity contribution in [2.45, 2.75) is 26.1 Å². The van der Waals surface area contributed by atoms with E-state index in [0.717, 1.165) is 0 Å². The lowest BCUT2D eigenvalue weighted by Crippen LogP contribution is -2.30. The van der Waals surface area contributed by atoms with Crippen LogP contribution in [0.4, 0.5) is 14.5 Å². The minimum Gasteiger partial charge on any atom is -0.496 e. The number of methoxy groups -OCH3 is 1. The molecule has 1 atom stereocenters. The molecule has 0 aliphatic carbocycles. The molecule has 0 bridgehead atoms. The molecular formula is C19H19F2NO5. The number of hydrogen-bond donors (Lipinski definition) is 1. The van der Waals surface area contributed by atoms with Crippen molar-refractivity contribution in [3.63, 3.8) is 0 Å². The summed E-state index contributed by atoms with van der Waals surface area (Å²) < 4.78 is 39.5. The number of para-hydroxylation sites is 3. The largest absolute Gasteiger partial charge is 0.496 e. The van der Waals surface area contributed by atoms with E-state index < -0.39 is 24.6 Å². The standard InChI is InChI=1S/C19H19F2NO5/c1-12(26-17(23)11-13-7-3-5-9-15(13)25-2)18(24)22-14-8-4-6-10-16(14)27-19(20)21/h3-10,12,19H,11H2,1-2H3,(H,22,24)/t12-/m1/s1. The summed E-state index contributed by atoms with van der Waals surface area (Å²) in [5, 5.41) is 2.41. The molecule has 0 unspecified atom stereocenters. The van der Waals surface area contributed by atoms with E-state index in [1.807, 2.05) is 0 Å². The fourth-order valence-electron chi connectivity index (χ4n) is 2.30. The third kappa shape index (κ3) is 5.95. The summed E-state index contributed by atoms with van der Waals surface area (Å²) >= 11 is 0. The molecule has 0 spiro atoms. The first-order chi connectivity index (χ1) is 12.9. The number of halogens is 2. The number of ether oxygens (including phenoxy) is 3.